The summed E-state index contributed by atoms with van der Waals surface area (Å²) in [5, 5.41) is 3.39. The molecule has 1 aliphatic carbocycles. The molecule has 1 heterocycles. The predicted octanol–water partition coefficient (Wildman–Crippen LogP) is 2.72. The van der Waals surface area contributed by atoms with Crippen LogP contribution in [-0.2, 0) is 4.74 Å². The summed E-state index contributed by atoms with van der Waals surface area (Å²) in [7, 11) is 0. The Kier molecular flexibility index (Phi) is 4.45. The number of ether oxygens (including phenoxy) is 1. The lowest BCUT2D eigenvalue weighted by molar-refractivity contribution is -0.0481. The van der Waals surface area contributed by atoms with E-state index >= 15 is 0 Å². The summed E-state index contributed by atoms with van der Waals surface area (Å²) in [4.78, 5) is 0. The van der Waals surface area contributed by atoms with Gasteiger partial charge in [-0.25, -0.2) is 0 Å². The third-order valence-electron chi connectivity index (χ3n) is 4.04. The van der Waals surface area contributed by atoms with Gasteiger partial charge in [0.1, 0.15) is 0 Å². The van der Waals surface area contributed by atoms with E-state index in [2.05, 4.69) is 12.2 Å². The zero-order valence-electron chi connectivity index (χ0n) is 10.0. The summed E-state index contributed by atoms with van der Waals surface area (Å²) in [5.74, 6) is 0.984. The lowest BCUT2D eigenvalue weighted by atomic mass is 9.85. The van der Waals surface area contributed by atoms with Crippen LogP contribution in [0.3, 0.4) is 0 Å². The zero-order valence-corrected chi connectivity index (χ0v) is 10.0. The van der Waals surface area contributed by atoms with Gasteiger partial charge in [0.25, 0.3) is 0 Å². The first-order chi connectivity index (χ1) is 7.38. The maximum atomic E-state index is 6.19. The topological polar surface area (TPSA) is 21.3 Å². The molecule has 0 radical (unpaired) electrons. The van der Waals surface area contributed by atoms with Gasteiger partial charge in [0.15, 0.2) is 0 Å². The molecule has 0 aromatic rings. The lowest BCUT2D eigenvalue weighted by Gasteiger charge is -2.32. The molecule has 15 heavy (non-hydrogen) atoms. The molecule has 0 aromatic heterocycles. The van der Waals surface area contributed by atoms with Gasteiger partial charge in [-0.2, -0.15) is 0 Å². The molecule has 0 atom stereocenters. The largest absolute Gasteiger partial charge is 0.375 e. The molecule has 0 spiro atoms. The van der Waals surface area contributed by atoms with Gasteiger partial charge >= 0.3 is 0 Å². The SMILES string of the molecule is CCC1CCC(OC2CCNCC2)CC1. The average molecular weight is 211 g/mol. The Morgan fingerprint density at radius 2 is 1.53 bits per heavy atom. The van der Waals surface area contributed by atoms with Crippen molar-refractivity contribution in [1.29, 1.82) is 0 Å². The van der Waals surface area contributed by atoms with Crippen LogP contribution in [-0.4, -0.2) is 25.3 Å². The number of rotatable bonds is 3. The molecule has 1 aliphatic heterocycles. The van der Waals surface area contributed by atoms with Gasteiger partial charge < -0.3 is 10.1 Å². The Morgan fingerprint density at radius 1 is 0.933 bits per heavy atom. The van der Waals surface area contributed by atoms with Crippen LogP contribution in [0, 0.1) is 5.92 Å². The second kappa shape index (κ2) is 5.86. The van der Waals surface area contributed by atoms with Crippen molar-refractivity contribution in [2.24, 2.45) is 5.92 Å². The van der Waals surface area contributed by atoms with Gasteiger partial charge in [-0.15, -0.1) is 0 Å². The molecule has 2 heteroatoms. The summed E-state index contributed by atoms with van der Waals surface area (Å²) in [6.45, 7) is 4.61. The summed E-state index contributed by atoms with van der Waals surface area (Å²) in [6, 6.07) is 0. The van der Waals surface area contributed by atoms with Gasteiger partial charge in [-0.1, -0.05) is 13.3 Å². The molecule has 2 aliphatic rings. The van der Waals surface area contributed by atoms with Gasteiger partial charge in [-0.3, -0.25) is 0 Å². The van der Waals surface area contributed by atoms with E-state index in [9.17, 15) is 0 Å². The van der Waals surface area contributed by atoms with Crippen LogP contribution in [0.25, 0.3) is 0 Å². The molecule has 0 bridgehead atoms. The monoisotopic (exact) mass is 211 g/mol. The zero-order chi connectivity index (χ0) is 10.5. The molecule has 88 valence electrons. The first-order valence-electron chi connectivity index (χ1n) is 6.74. The van der Waals surface area contributed by atoms with Gasteiger partial charge in [-0.05, 0) is 57.5 Å². The number of piperidine rings is 1. The second-order valence-electron chi connectivity index (χ2n) is 5.14. The third-order valence-corrected chi connectivity index (χ3v) is 4.04. The second-order valence-corrected chi connectivity index (χ2v) is 5.14. The molecule has 0 aromatic carbocycles. The van der Waals surface area contributed by atoms with Gasteiger partial charge in [0, 0.05) is 0 Å². The van der Waals surface area contributed by atoms with Crippen LogP contribution in [0.4, 0.5) is 0 Å². The molecule has 2 fully saturated rings. The van der Waals surface area contributed by atoms with Crippen molar-refractivity contribution in [3.05, 3.63) is 0 Å². The van der Waals surface area contributed by atoms with Crippen molar-refractivity contribution < 1.29 is 4.74 Å². The van der Waals surface area contributed by atoms with Crippen molar-refractivity contribution >= 4 is 0 Å². The van der Waals surface area contributed by atoms with E-state index < -0.39 is 0 Å². The molecule has 2 rings (SSSR count). The van der Waals surface area contributed by atoms with Crippen molar-refractivity contribution in [2.45, 2.75) is 64.1 Å². The lowest BCUT2D eigenvalue weighted by Crippen LogP contribution is -2.35. The molecule has 1 N–H and O–H groups in total. The van der Waals surface area contributed by atoms with Crippen LogP contribution in [0.1, 0.15) is 51.9 Å². The fourth-order valence-electron chi connectivity index (χ4n) is 2.88. The minimum absolute atomic E-state index is 0.550. The highest BCUT2D eigenvalue weighted by Crippen LogP contribution is 2.29. The van der Waals surface area contributed by atoms with Crippen molar-refractivity contribution in [2.75, 3.05) is 13.1 Å². The van der Waals surface area contributed by atoms with Crippen molar-refractivity contribution in [3.8, 4) is 0 Å². The van der Waals surface area contributed by atoms with E-state index in [1.165, 1.54) is 44.9 Å². The summed E-state index contributed by atoms with van der Waals surface area (Å²) < 4.78 is 6.19. The fourth-order valence-corrected chi connectivity index (χ4v) is 2.88. The highest BCUT2D eigenvalue weighted by Gasteiger charge is 2.24. The molecule has 0 amide bonds. The van der Waals surface area contributed by atoms with Crippen LogP contribution >= 0.6 is 0 Å². The Hall–Kier alpha value is -0.0800. The third kappa shape index (κ3) is 3.46. The van der Waals surface area contributed by atoms with Crippen LogP contribution < -0.4 is 5.32 Å². The summed E-state index contributed by atoms with van der Waals surface area (Å²) >= 11 is 0. The molecule has 1 saturated carbocycles. The minimum atomic E-state index is 0.550. The molecule has 0 unspecified atom stereocenters. The van der Waals surface area contributed by atoms with E-state index in [0.717, 1.165) is 19.0 Å². The molecular weight excluding hydrogens is 186 g/mol. The predicted molar refractivity (Wildman–Crippen MR) is 63.0 cm³/mol. The highest BCUT2D eigenvalue weighted by atomic mass is 16.5. The van der Waals surface area contributed by atoms with Crippen LogP contribution in [0.5, 0.6) is 0 Å². The maximum absolute atomic E-state index is 6.19. The number of nitrogens with one attached hydrogen (secondary N) is 1. The van der Waals surface area contributed by atoms with E-state index in [1.54, 1.807) is 0 Å². The van der Waals surface area contributed by atoms with E-state index in [4.69, 9.17) is 4.74 Å². The molecular formula is C13H25NO. The normalized spacial score (nSPS) is 34.2. The first-order valence-corrected chi connectivity index (χ1v) is 6.74. The van der Waals surface area contributed by atoms with Gasteiger partial charge in [0.2, 0.25) is 0 Å². The standard InChI is InChI=1S/C13H25NO/c1-2-11-3-5-12(6-4-11)15-13-7-9-14-10-8-13/h11-14H,2-10H2,1H3. The highest BCUT2D eigenvalue weighted by molar-refractivity contribution is 4.75. The van der Waals surface area contributed by atoms with Gasteiger partial charge in [0.05, 0.1) is 12.2 Å². The Morgan fingerprint density at radius 3 is 2.13 bits per heavy atom. The van der Waals surface area contributed by atoms with E-state index in [1.807, 2.05) is 0 Å². The van der Waals surface area contributed by atoms with Crippen molar-refractivity contribution in [1.82, 2.24) is 5.32 Å². The van der Waals surface area contributed by atoms with Crippen molar-refractivity contribution in [3.63, 3.8) is 0 Å². The smallest absolute Gasteiger partial charge is 0.0603 e. The Balaban J connectivity index is 1.67. The number of hydrogen-bond acceptors (Lipinski definition) is 2. The van der Waals surface area contributed by atoms with E-state index in [0.29, 0.717) is 12.2 Å². The quantitative estimate of drug-likeness (QED) is 0.775. The van der Waals surface area contributed by atoms with E-state index in [-0.39, 0.29) is 0 Å². The van der Waals surface area contributed by atoms with Crippen LogP contribution in [0.2, 0.25) is 0 Å². The molecule has 2 nitrogen and oxygen atoms in total. The van der Waals surface area contributed by atoms with Crippen LogP contribution in [0.15, 0.2) is 0 Å². The maximum Gasteiger partial charge on any atom is 0.0603 e. The average Bonchev–Trinajstić information content (AvgIpc) is 2.31. The summed E-state index contributed by atoms with van der Waals surface area (Å²) in [5.41, 5.74) is 0. The first kappa shape index (κ1) is 11.4. The fraction of sp³-hybridized carbons (Fsp3) is 1.00. The summed E-state index contributed by atoms with van der Waals surface area (Å²) in [6.07, 6.45) is 10.3. The Labute approximate surface area is 93.8 Å². The minimum Gasteiger partial charge on any atom is -0.375 e. The molecule has 1 saturated heterocycles. The Bertz CT molecular complexity index is 169. The number of hydrogen-bond donors (Lipinski definition) is 1.